The molecule has 1 N–H and O–H groups in total. The van der Waals surface area contributed by atoms with Gasteiger partial charge in [-0.25, -0.2) is 0 Å². The van der Waals surface area contributed by atoms with Crippen LogP contribution >= 0.6 is 0 Å². The maximum atomic E-state index is 11.1. The smallest absolute Gasteiger partial charge is 0.126 e. The predicted molar refractivity (Wildman–Crippen MR) is 68.8 cm³/mol. The minimum atomic E-state index is -0.715. The number of rotatable bonds is 7. The lowest BCUT2D eigenvalue weighted by Crippen LogP contribution is -2.21. The van der Waals surface area contributed by atoms with Crippen LogP contribution < -0.4 is 5.32 Å². The van der Waals surface area contributed by atoms with Gasteiger partial charge >= 0.3 is 0 Å². The second-order valence-corrected chi connectivity index (χ2v) is 5.52. The van der Waals surface area contributed by atoms with Crippen molar-refractivity contribution < 1.29 is 8.63 Å². The van der Waals surface area contributed by atoms with Crippen molar-refractivity contribution in [2.24, 2.45) is 0 Å². The average molecular weight is 241 g/mol. The lowest BCUT2D eigenvalue weighted by molar-refractivity contribution is 0.556. The molecule has 0 aliphatic rings. The van der Waals surface area contributed by atoms with Crippen molar-refractivity contribution in [2.75, 3.05) is 19.3 Å². The van der Waals surface area contributed by atoms with Crippen molar-refractivity contribution in [1.82, 2.24) is 5.32 Å². The van der Waals surface area contributed by atoms with E-state index in [4.69, 9.17) is 4.42 Å². The minimum Gasteiger partial charge on any atom is -0.465 e. The van der Waals surface area contributed by atoms with Gasteiger partial charge in [0.15, 0.2) is 0 Å². The van der Waals surface area contributed by atoms with E-state index < -0.39 is 10.8 Å². The maximum absolute atomic E-state index is 11.1. The van der Waals surface area contributed by atoms with Gasteiger partial charge in [0.25, 0.3) is 0 Å². The second-order valence-electron chi connectivity index (χ2n) is 3.72. The third-order valence-electron chi connectivity index (χ3n) is 2.38. The standard InChI is InChI=1S/C12H19NO2S/c1-11(16(2)14)7-9-13-8-3-5-12-6-4-10-15-12/h3-6,10-11,13H,7-9H2,1-2H3/b5-3+. The van der Waals surface area contributed by atoms with Crippen LogP contribution in [0.3, 0.4) is 0 Å². The molecule has 3 nitrogen and oxygen atoms in total. The summed E-state index contributed by atoms with van der Waals surface area (Å²) in [5.41, 5.74) is 0. The van der Waals surface area contributed by atoms with Gasteiger partial charge in [-0.2, -0.15) is 0 Å². The molecule has 0 spiro atoms. The van der Waals surface area contributed by atoms with Crippen molar-refractivity contribution in [3.63, 3.8) is 0 Å². The van der Waals surface area contributed by atoms with Gasteiger partial charge in [0.1, 0.15) is 5.76 Å². The van der Waals surface area contributed by atoms with Crippen LogP contribution in [0.25, 0.3) is 6.08 Å². The van der Waals surface area contributed by atoms with E-state index >= 15 is 0 Å². The monoisotopic (exact) mass is 241 g/mol. The largest absolute Gasteiger partial charge is 0.465 e. The molecule has 0 radical (unpaired) electrons. The molecule has 2 atom stereocenters. The summed E-state index contributed by atoms with van der Waals surface area (Å²) in [6.45, 7) is 3.71. The van der Waals surface area contributed by atoms with Crippen molar-refractivity contribution in [3.8, 4) is 0 Å². The van der Waals surface area contributed by atoms with E-state index in [0.29, 0.717) is 0 Å². The number of nitrogens with one attached hydrogen (secondary N) is 1. The van der Waals surface area contributed by atoms with Gasteiger partial charge in [0.05, 0.1) is 6.26 Å². The normalized spacial score (nSPS) is 15.4. The quantitative estimate of drug-likeness (QED) is 0.743. The third-order valence-corrected chi connectivity index (χ3v) is 3.75. The molecular weight excluding hydrogens is 222 g/mol. The van der Waals surface area contributed by atoms with Crippen LogP contribution in [0.15, 0.2) is 28.9 Å². The summed E-state index contributed by atoms with van der Waals surface area (Å²) >= 11 is 0. The molecule has 0 saturated carbocycles. The van der Waals surface area contributed by atoms with Crippen LogP contribution in [0.5, 0.6) is 0 Å². The third kappa shape index (κ3) is 5.28. The SMILES string of the molecule is CC(CCNC/C=C/c1ccco1)S(C)=O. The summed E-state index contributed by atoms with van der Waals surface area (Å²) in [4.78, 5) is 0. The molecule has 1 rings (SSSR count). The first-order chi connectivity index (χ1) is 7.70. The van der Waals surface area contributed by atoms with Crippen molar-refractivity contribution in [1.29, 1.82) is 0 Å². The molecule has 0 aliphatic carbocycles. The highest BCUT2D eigenvalue weighted by atomic mass is 32.2. The Balaban J connectivity index is 2.06. The highest BCUT2D eigenvalue weighted by molar-refractivity contribution is 7.84. The molecule has 4 heteroatoms. The molecule has 90 valence electrons. The molecule has 0 saturated heterocycles. The Bertz CT molecular complexity index is 333. The molecule has 1 aromatic rings. The zero-order valence-corrected chi connectivity index (χ0v) is 10.6. The minimum absolute atomic E-state index is 0.265. The van der Waals surface area contributed by atoms with E-state index in [1.165, 1.54) is 0 Å². The molecule has 0 aromatic carbocycles. The van der Waals surface area contributed by atoms with Gasteiger partial charge in [-0.3, -0.25) is 4.21 Å². The summed E-state index contributed by atoms with van der Waals surface area (Å²) in [6.07, 6.45) is 8.31. The molecule has 16 heavy (non-hydrogen) atoms. The first kappa shape index (κ1) is 13.2. The molecule has 0 fully saturated rings. The van der Waals surface area contributed by atoms with Crippen LogP contribution in [-0.2, 0) is 10.8 Å². The average Bonchev–Trinajstić information content (AvgIpc) is 2.75. The summed E-state index contributed by atoms with van der Waals surface area (Å²) in [5.74, 6) is 0.866. The predicted octanol–water partition coefficient (Wildman–Crippen LogP) is 2.04. The number of furan rings is 1. The zero-order chi connectivity index (χ0) is 11.8. The lowest BCUT2D eigenvalue weighted by atomic mass is 10.3. The van der Waals surface area contributed by atoms with Gasteiger partial charge < -0.3 is 9.73 Å². The fourth-order valence-electron chi connectivity index (χ4n) is 1.22. The first-order valence-electron chi connectivity index (χ1n) is 5.43. The molecule has 0 amide bonds. The van der Waals surface area contributed by atoms with Crippen LogP contribution in [-0.4, -0.2) is 28.8 Å². The Morgan fingerprint density at radius 1 is 1.62 bits per heavy atom. The van der Waals surface area contributed by atoms with E-state index in [2.05, 4.69) is 5.32 Å². The van der Waals surface area contributed by atoms with Crippen LogP contribution in [0.4, 0.5) is 0 Å². The van der Waals surface area contributed by atoms with Gasteiger partial charge in [0.2, 0.25) is 0 Å². The number of hydrogen-bond acceptors (Lipinski definition) is 3. The Morgan fingerprint density at radius 3 is 3.06 bits per heavy atom. The lowest BCUT2D eigenvalue weighted by Gasteiger charge is -2.07. The van der Waals surface area contributed by atoms with Gasteiger partial charge in [-0.1, -0.05) is 13.0 Å². The summed E-state index contributed by atoms with van der Waals surface area (Å²) in [6, 6.07) is 3.78. The maximum Gasteiger partial charge on any atom is 0.126 e. The topological polar surface area (TPSA) is 42.2 Å². The summed E-state index contributed by atoms with van der Waals surface area (Å²) in [7, 11) is -0.715. The fourth-order valence-corrected chi connectivity index (χ4v) is 1.67. The van der Waals surface area contributed by atoms with Crippen molar-refractivity contribution >= 4 is 16.9 Å². The molecule has 0 aliphatic heterocycles. The fraction of sp³-hybridized carbons (Fsp3) is 0.500. The second kappa shape index (κ2) is 7.41. The van der Waals surface area contributed by atoms with Crippen molar-refractivity contribution in [3.05, 3.63) is 30.2 Å². The zero-order valence-electron chi connectivity index (χ0n) is 9.81. The van der Waals surface area contributed by atoms with E-state index in [0.717, 1.165) is 25.3 Å². The Kier molecular flexibility index (Phi) is 6.11. The van der Waals surface area contributed by atoms with E-state index in [1.807, 2.05) is 31.2 Å². The van der Waals surface area contributed by atoms with Crippen LogP contribution in [0, 0.1) is 0 Å². The van der Waals surface area contributed by atoms with Crippen LogP contribution in [0.2, 0.25) is 0 Å². The molecule has 1 aromatic heterocycles. The number of hydrogen-bond donors (Lipinski definition) is 1. The highest BCUT2D eigenvalue weighted by Gasteiger charge is 2.03. The van der Waals surface area contributed by atoms with E-state index in [1.54, 1.807) is 12.5 Å². The Morgan fingerprint density at radius 2 is 2.44 bits per heavy atom. The Labute approximate surface area is 99.4 Å². The highest BCUT2D eigenvalue weighted by Crippen LogP contribution is 2.01. The van der Waals surface area contributed by atoms with E-state index in [-0.39, 0.29) is 5.25 Å². The molecule has 0 bridgehead atoms. The molecule has 2 unspecified atom stereocenters. The molecule has 1 heterocycles. The van der Waals surface area contributed by atoms with E-state index in [9.17, 15) is 4.21 Å². The van der Waals surface area contributed by atoms with Gasteiger partial charge in [0, 0.05) is 28.9 Å². The summed E-state index contributed by atoms with van der Waals surface area (Å²) in [5, 5.41) is 3.54. The summed E-state index contributed by atoms with van der Waals surface area (Å²) < 4.78 is 16.2. The first-order valence-corrected chi connectivity index (χ1v) is 7.05. The Hall–Kier alpha value is -0.870. The van der Waals surface area contributed by atoms with Crippen LogP contribution in [0.1, 0.15) is 19.1 Å². The molecular formula is C12H19NO2S. The van der Waals surface area contributed by atoms with Crippen molar-refractivity contribution in [2.45, 2.75) is 18.6 Å². The van der Waals surface area contributed by atoms with Gasteiger partial charge in [-0.05, 0) is 31.2 Å². The van der Waals surface area contributed by atoms with Gasteiger partial charge in [-0.15, -0.1) is 0 Å².